The average molecular weight is 437 g/mol. The molecule has 2 amide bonds. The molecule has 0 aromatic heterocycles. The third-order valence-electron chi connectivity index (χ3n) is 4.70. The molecule has 2 saturated heterocycles. The van der Waals surface area contributed by atoms with Crippen molar-refractivity contribution in [1.29, 1.82) is 5.26 Å². The van der Waals surface area contributed by atoms with Gasteiger partial charge in [-0.15, -0.1) is 0 Å². The Morgan fingerprint density at radius 3 is 2.52 bits per heavy atom. The number of phenols is 1. The van der Waals surface area contributed by atoms with Crippen molar-refractivity contribution in [2.45, 2.75) is 63.7 Å². The molecule has 1 aromatic carbocycles. The second-order valence-electron chi connectivity index (χ2n) is 7.02. The number of rotatable bonds is 4. The molecule has 0 unspecified atom stereocenters. The van der Waals surface area contributed by atoms with Gasteiger partial charge >= 0.3 is 0 Å². The largest absolute Gasteiger partial charge is 0.507 e. The van der Waals surface area contributed by atoms with E-state index in [2.05, 4.69) is 10.6 Å². The Hall–Kier alpha value is -2.75. The van der Waals surface area contributed by atoms with Gasteiger partial charge < -0.3 is 40.2 Å². The van der Waals surface area contributed by atoms with Gasteiger partial charge in [-0.25, -0.2) is 0 Å². The smallest absolute Gasteiger partial charge is 0.255 e. The number of nitrogens with zero attached hydrogens (tertiary/aromatic N) is 1. The van der Waals surface area contributed by atoms with Crippen LogP contribution in [0.4, 0.5) is 0 Å². The minimum atomic E-state index is -1.42. The number of aliphatic hydroxyl groups excluding tert-OH is 2. The monoisotopic (exact) mass is 437 g/mol. The van der Waals surface area contributed by atoms with Gasteiger partial charge in [-0.3, -0.25) is 9.59 Å². The number of benzene rings is 1. The lowest BCUT2D eigenvalue weighted by molar-refractivity contribution is -0.323. The minimum absolute atomic E-state index is 0.0278. The predicted octanol–water partition coefficient (Wildman–Crippen LogP) is -0.635. The normalized spacial score (nSPS) is 30.5. The van der Waals surface area contributed by atoms with Gasteiger partial charge in [-0.2, -0.15) is 5.26 Å². The maximum atomic E-state index is 12.4. The first-order valence-electron chi connectivity index (χ1n) is 9.68. The van der Waals surface area contributed by atoms with E-state index in [0.29, 0.717) is 0 Å². The topological polar surface area (TPSA) is 170 Å². The Morgan fingerprint density at radius 2 is 1.87 bits per heavy atom. The van der Waals surface area contributed by atoms with Crippen molar-refractivity contribution in [3.05, 3.63) is 29.8 Å². The lowest BCUT2D eigenvalue weighted by Gasteiger charge is -2.46. The summed E-state index contributed by atoms with van der Waals surface area (Å²) in [5, 5.41) is 42.5. The summed E-state index contributed by atoms with van der Waals surface area (Å²) in [6.07, 6.45) is -5.87. The van der Waals surface area contributed by atoms with E-state index in [0.717, 1.165) is 0 Å². The van der Waals surface area contributed by atoms with Gasteiger partial charge in [0.05, 0.1) is 18.2 Å². The first-order valence-corrected chi connectivity index (χ1v) is 9.68. The molecule has 0 radical (unpaired) electrons. The van der Waals surface area contributed by atoms with Crippen LogP contribution in [0.15, 0.2) is 24.3 Å². The number of aliphatic hydroxyl groups is 2. The van der Waals surface area contributed by atoms with Crippen LogP contribution in [0.5, 0.6) is 5.75 Å². The van der Waals surface area contributed by atoms with Crippen LogP contribution in [-0.4, -0.2) is 76.7 Å². The number of hydrogen-bond donors (Lipinski definition) is 5. The standard InChI is InChI=1S/C18H24N2O8.C2H3N/c1-8(19-17(25)10-5-3-4-6-11(10)21)16(24)20-18-14(23)13(22)15-12(28-18)7-26-9(2)27-15;1-2-3/h3-6,8-9,12-15,18,21-23H,7H2,1-2H3,(H,19,25)(H,20,24);1H3/t8-,9+,12+,13+,14+,15+,18+;/m0./s1. The van der Waals surface area contributed by atoms with Crippen LogP contribution in [0.2, 0.25) is 0 Å². The van der Waals surface area contributed by atoms with E-state index in [1.807, 2.05) is 0 Å². The lowest BCUT2D eigenvalue weighted by atomic mass is 9.97. The maximum absolute atomic E-state index is 12.4. The highest BCUT2D eigenvalue weighted by atomic mass is 16.7. The van der Waals surface area contributed by atoms with Crippen molar-refractivity contribution >= 4 is 11.8 Å². The zero-order valence-electron chi connectivity index (χ0n) is 17.4. The second kappa shape index (κ2) is 11.0. The van der Waals surface area contributed by atoms with Crippen LogP contribution in [0.1, 0.15) is 31.1 Å². The summed E-state index contributed by atoms with van der Waals surface area (Å²) in [5.41, 5.74) is 0.0278. The van der Waals surface area contributed by atoms with Gasteiger partial charge in [0.25, 0.3) is 5.91 Å². The summed E-state index contributed by atoms with van der Waals surface area (Å²) < 4.78 is 16.4. The first kappa shape index (κ1) is 24.5. The number of carbonyl (C=O) groups is 2. The Kier molecular flexibility index (Phi) is 8.73. The molecular formula is C20H27N3O8. The highest BCUT2D eigenvalue weighted by Crippen LogP contribution is 2.27. The predicted molar refractivity (Wildman–Crippen MR) is 105 cm³/mol. The number of nitriles is 1. The minimum Gasteiger partial charge on any atom is -0.507 e. The SMILES string of the molecule is CC#N.C[C@@H]1OC[C@H]2O[C@@H](NC(=O)[C@H](C)NC(=O)c3ccccc3O)[C@H](O)[C@@H](O)[C@@H]2O1. The molecule has 3 rings (SSSR count). The number of ether oxygens (including phenoxy) is 3. The molecule has 0 spiro atoms. The third-order valence-corrected chi connectivity index (χ3v) is 4.70. The Balaban J connectivity index is 0.00000107. The molecule has 1 aromatic rings. The van der Waals surface area contributed by atoms with Gasteiger partial charge in [0.1, 0.15) is 36.2 Å². The quantitative estimate of drug-likeness (QED) is 0.411. The fourth-order valence-corrected chi connectivity index (χ4v) is 3.12. The van der Waals surface area contributed by atoms with Gasteiger partial charge in [0, 0.05) is 6.92 Å². The van der Waals surface area contributed by atoms with E-state index in [1.54, 1.807) is 25.1 Å². The van der Waals surface area contributed by atoms with Crippen LogP contribution < -0.4 is 10.6 Å². The number of amides is 2. The van der Waals surface area contributed by atoms with E-state index < -0.39 is 54.8 Å². The number of carbonyl (C=O) groups excluding carboxylic acids is 2. The maximum Gasteiger partial charge on any atom is 0.255 e. The molecule has 31 heavy (non-hydrogen) atoms. The van der Waals surface area contributed by atoms with Crippen LogP contribution in [0.25, 0.3) is 0 Å². The number of aromatic hydroxyl groups is 1. The summed E-state index contributed by atoms with van der Waals surface area (Å²) in [5.74, 6) is -1.47. The molecule has 2 aliphatic rings. The molecule has 2 heterocycles. The molecule has 0 bridgehead atoms. The van der Waals surface area contributed by atoms with Gasteiger partial charge in [0.2, 0.25) is 5.91 Å². The van der Waals surface area contributed by atoms with Gasteiger partial charge in [-0.05, 0) is 26.0 Å². The van der Waals surface area contributed by atoms with E-state index in [-0.39, 0.29) is 17.9 Å². The van der Waals surface area contributed by atoms with Gasteiger partial charge in [-0.1, -0.05) is 12.1 Å². The number of nitrogens with one attached hydrogen (secondary N) is 2. The third kappa shape index (κ3) is 6.13. The van der Waals surface area contributed by atoms with Crippen LogP contribution >= 0.6 is 0 Å². The highest BCUT2D eigenvalue weighted by molar-refractivity contribution is 5.99. The molecule has 5 N–H and O–H groups in total. The number of hydrogen-bond acceptors (Lipinski definition) is 9. The molecular weight excluding hydrogens is 410 g/mol. The Labute approximate surface area is 179 Å². The summed E-state index contributed by atoms with van der Waals surface area (Å²) in [4.78, 5) is 24.6. The van der Waals surface area contributed by atoms with E-state index in [9.17, 15) is 24.9 Å². The Morgan fingerprint density at radius 1 is 1.23 bits per heavy atom. The van der Waals surface area contributed by atoms with Gasteiger partial charge in [0.15, 0.2) is 12.5 Å². The fraction of sp³-hybridized carbons (Fsp3) is 0.550. The summed E-state index contributed by atoms with van der Waals surface area (Å²) >= 11 is 0. The van der Waals surface area contributed by atoms with Crippen molar-refractivity contribution in [2.75, 3.05) is 6.61 Å². The molecule has 11 heteroatoms. The average Bonchev–Trinajstić information content (AvgIpc) is 2.73. The van der Waals surface area contributed by atoms with E-state index in [1.165, 1.54) is 26.0 Å². The molecule has 0 saturated carbocycles. The van der Waals surface area contributed by atoms with Crippen molar-refractivity contribution in [3.8, 4) is 11.8 Å². The number of para-hydroxylation sites is 1. The second-order valence-corrected chi connectivity index (χ2v) is 7.02. The van der Waals surface area contributed by atoms with E-state index >= 15 is 0 Å². The molecule has 2 aliphatic heterocycles. The summed E-state index contributed by atoms with van der Waals surface area (Å²) in [6.45, 7) is 4.68. The highest BCUT2D eigenvalue weighted by Gasteiger charge is 2.48. The zero-order valence-corrected chi connectivity index (χ0v) is 17.4. The molecule has 2 fully saturated rings. The van der Waals surface area contributed by atoms with Crippen LogP contribution in [0, 0.1) is 11.3 Å². The lowest BCUT2D eigenvalue weighted by Crippen LogP contribution is -2.66. The fourth-order valence-electron chi connectivity index (χ4n) is 3.12. The van der Waals surface area contributed by atoms with Crippen molar-refractivity contribution < 1.29 is 39.1 Å². The van der Waals surface area contributed by atoms with Crippen molar-refractivity contribution in [1.82, 2.24) is 10.6 Å². The first-order chi connectivity index (χ1) is 14.7. The van der Waals surface area contributed by atoms with Crippen molar-refractivity contribution in [3.63, 3.8) is 0 Å². The van der Waals surface area contributed by atoms with Crippen LogP contribution in [-0.2, 0) is 19.0 Å². The van der Waals surface area contributed by atoms with E-state index in [4.69, 9.17) is 19.5 Å². The summed E-state index contributed by atoms with van der Waals surface area (Å²) in [7, 11) is 0. The van der Waals surface area contributed by atoms with Crippen LogP contribution in [0.3, 0.4) is 0 Å². The molecule has 170 valence electrons. The zero-order chi connectivity index (χ0) is 23.1. The van der Waals surface area contributed by atoms with Crippen molar-refractivity contribution in [2.24, 2.45) is 0 Å². The number of phenolic OH excluding ortho intramolecular Hbond substituents is 1. The number of fused-ring (bicyclic) bond motifs is 1. The summed E-state index contributed by atoms with van der Waals surface area (Å²) in [6, 6.07) is 6.69. The molecule has 11 nitrogen and oxygen atoms in total. The molecule has 7 atom stereocenters. The molecule has 0 aliphatic carbocycles. The Bertz CT molecular complexity index is 812.